The molecular formula is C31H27ClN4O4. The van der Waals surface area contributed by atoms with E-state index in [1.54, 1.807) is 43.5 Å². The van der Waals surface area contributed by atoms with Crippen molar-refractivity contribution >= 4 is 46.1 Å². The minimum atomic E-state index is -0.436. The van der Waals surface area contributed by atoms with Gasteiger partial charge in [-0.2, -0.15) is 5.26 Å². The number of nitrogens with zero attached hydrogens (tertiary/aromatic N) is 3. The van der Waals surface area contributed by atoms with E-state index in [2.05, 4.69) is 16.4 Å². The molecule has 1 N–H and O–H groups in total. The zero-order valence-electron chi connectivity index (χ0n) is 22.3. The van der Waals surface area contributed by atoms with Crippen molar-refractivity contribution in [3.8, 4) is 17.6 Å². The van der Waals surface area contributed by atoms with Crippen LogP contribution in [-0.4, -0.2) is 37.5 Å². The molecule has 0 spiro atoms. The van der Waals surface area contributed by atoms with Gasteiger partial charge in [0.2, 0.25) is 11.8 Å². The third kappa shape index (κ3) is 6.57. The van der Waals surface area contributed by atoms with Crippen LogP contribution in [0.1, 0.15) is 22.4 Å². The van der Waals surface area contributed by atoms with Crippen molar-refractivity contribution in [3.05, 3.63) is 100 Å². The summed E-state index contributed by atoms with van der Waals surface area (Å²) in [6, 6.07) is 22.1. The number of nitrogens with one attached hydrogen (secondary N) is 1. The van der Waals surface area contributed by atoms with E-state index in [0.29, 0.717) is 33.3 Å². The molecule has 8 nitrogen and oxygen atoms in total. The molecule has 0 atom stereocenters. The standard InChI is InChI=1S/C31H27ClN4O4/c1-20-10-12-22-7-5-9-28(31(22)35-20)40-19-25-24(17-33)27(14-13-26(25)32)36(2)30(38)18-34-29(37)15-11-21-6-4-8-23(16-21)39-3/h4-16H,18-19H2,1-3H3,(H,34,37)/b15-11+. The number of para-hydroxylation sites is 1. The maximum absolute atomic E-state index is 12.9. The molecule has 4 rings (SSSR count). The molecule has 2 amide bonds. The number of fused-ring (bicyclic) bond motifs is 1. The van der Waals surface area contributed by atoms with Crippen LogP contribution in [0, 0.1) is 18.3 Å². The van der Waals surface area contributed by atoms with E-state index in [1.807, 2.05) is 43.3 Å². The van der Waals surface area contributed by atoms with Crippen LogP contribution in [0.25, 0.3) is 17.0 Å². The first-order chi connectivity index (χ1) is 19.3. The van der Waals surface area contributed by atoms with Gasteiger partial charge in [-0.1, -0.05) is 41.9 Å². The number of aromatic nitrogens is 1. The summed E-state index contributed by atoms with van der Waals surface area (Å²) in [5.41, 5.74) is 3.33. The molecule has 0 radical (unpaired) electrons. The smallest absolute Gasteiger partial charge is 0.246 e. The molecule has 0 saturated heterocycles. The Kier molecular flexibility index (Phi) is 9.00. The second kappa shape index (κ2) is 12.8. The van der Waals surface area contributed by atoms with Crippen LogP contribution in [0.5, 0.6) is 11.5 Å². The Morgan fingerprint density at radius 2 is 1.93 bits per heavy atom. The summed E-state index contributed by atoms with van der Waals surface area (Å²) >= 11 is 6.46. The van der Waals surface area contributed by atoms with E-state index >= 15 is 0 Å². The lowest BCUT2D eigenvalue weighted by Crippen LogP contribution is -2.38. The number of halogens is 1. The van der Waals surface area contributed by atoms with Gasteiger partial charge in [0.25, 0.3) is 0 Å². The first-order valence-corrected chi connectivity index (χ1v) is 12.8. The average Bonchev–Trinajstić information content (AvgIpc) is 2.97. The van der Waals surface area contributed by atoms with Crippen LogP contribution in [0.3, 0.4) is 0 Å². The van der Waals surface area contributed by atoms with E-state index < -0.39 is 11.8 Å². The summed E-state index contributed by atoms with van der Waals surface area (Å²) in [6.07, 6.45) is 2.96. The Morgan fingerprint density at radius 3 is 2.70 bits per heavy atom. The lowest BCUT2D eigenvalue weighted by molar-refractivity contribution is -0.122. The molecule has 0 saturated carbocycles. The summed E-state index contributed by atoms with van der Waals surface area (Å²) in [7, 11) is 3.10. The Balaban J connectivity index is 1.46. The fourth-order valence-electron chi connectivity index (χ4n) is 4.03. The SMILES string of the molecule is COc1cccc(/C=C/C(=O)NCC(=O)N(C)c2ccc(Cl)c(COc3cccc4ccc(C)nc34)c2C#N)c1. The van der Waals surface area contributed by atoms with Gasteiger partial charge in [-0.15, -0.1) is 0 Å². The van der Waals surface area contributed by atoms with Gasteiger partial charge >= 0.3 is 0 Å². The molecule has 0 aliphatic heterocycles. The summed E-state index contributed by atoms with van der Waals surface area (Å²) in [6.45, 7) is 1.63. The third-order valence-electron chi connectivity index (χ3n) is 6.21. The van der Waals surface area contributed by atoms with E-state index in [9.17, 15) is 14.9 Å². The lowest BCUT2D eigenvalue weighted by Gasteiger charge is -2.21. The number of aryl methyl sites for hydroxylation is 1. The number of hydrogen-bond donors (Lipinski definition) is 1. The highest BCUT2D eigenvalue weighted by Gasteiger charge is 2.20. The van der Waals surface area contributed by atoms with Gasteiger partial charge in [0, 0.05) is 34.8 Å². The molecular weight excluding hydrogens is 528 g/mol. The number of anilines is 1. The zero-order chi connectivity index (χ0) is 28.6. The van der Waals surface area contributed by atoms with Gasteiger partial charge < -0.3 is 19.7 Å². The number of hydrogen-bond acceptors (Lipinski definition) is 6. The third-order valence-corrected chi connectivity index (χ3v) is 6.56. The quantitative estimate of drug-likeness (QED) is 0.276. The summed E-state index contributed by atoms with van der Waals surface area (Å²) in [5.74, 6) is 0.377. The van der Waals surface area contributed by atoms with E-state index in [0.717, 1.165) is 16.6 Å². The average molecular weight is 555 g/mol. The monoisotopic (exact) mass is 554 g/mol. The summed E-state index contributed by atoms with van der Waals surface area (Å²) < 4.78 is 11.2. The second-order valence-electron chi connectivity index (χ2n) is 8.88. The van der Waals surface area contributed by atoms with Crippen molar-refractivity contribution in [2.24, 2.45) is 0 Å². The molecule has 0 aliphatic carbocycles. The Bertz CT molecular complexity index is 1640. The van der Waals surface area contributed by atoms with Crippen LogP contribution in [0.2, 0.25) is 5.02 Å². The second-order valence-corrected chi connectivity index (χ2v) is 9.29. The molecule has 3 aromatic carbocycles. The fourth-order valence-corrected chi connectivity index (χ4v) is 4.24. The highest BCUT2D eigenvalue weighted by Crippen LogP contribution is 2.31. The Labute approximate surface area is 237 Å². The summed E-state index contributed by atoms with van der Waals surface area (Å²) in [4.78, 5) is 31.1. The van der Waals surface area contributed by atoms with Gasteiger partial charge in [0.05, 0.1) is 24.9 Å². The highest BCUT2D eigenvalue weighted by atomic mass is 35.5. The van der Waals surface area contributed by atoms with E-state index in [1.165, 1.54) is 18.0 Å². The number of benzene rings is 3. The van der Waals surface area contributed by atoms with Gasteiger partial charge in [-0.3, -0.25) is 9.59 Å². The molecule has 9 heteroatoms. The van der Waals surface area contributed by atoms with Crippen LogP contribution < -0.4 is 19.7 Å². The normalized spacial score (nSPS) is 10.8. The predicted molar refractivity (Wildman–Crippen MR) is 155 cm³/mol. The number of carbonyl (C=O) groups is 2. The number of ether oxygens (including phenoxy) is 2. The molecule has 0 unspecified atom stereocenters. The summed E-state index contributed by atoms with van der Waals surface area (Å²) in [5, 5.41) is 13.8. The molecule has 0 bridgehead atoms. The number of nitriles is 1. The van der Waals surface area contributed by atoms with Gasteiger partial charge in [-0.05, 0) is 55.0 Å². The molecule has 202 valence electrons. The fraction of sp³-hybridized carbons (Fsp3) is 0.161. The van der Waals surface area contributed by atoms with Crippen LogP contribution in [-0.2, 0) is 16.2 Å². The first kappa shape index (κ1) is 28.1. The highest BCUT2D eigenvalue weighted by molar-refractivity contribution is 6.31. The van der Waals surface area contributed by atoms with Crippen molar-refractivity contribution in [1.82, 2.24) is 10.3 Å². The van der Waals surface area contributed by atoms with Gasteiger partial charge in [0.1, 0.15) is 29.7 Å². The predicted octanol–water partition coefficient (Wildman–Crippen LogP) is 5.45. The zero-order valence-corrected chi connectivity index (χ0v) is 23.0. The van der Waals surface area contributed by atoms with E-state index in [4.69, 9.17) is 21.1 Å². The van der Waals surface area contributed by atoms with Crippen molar-refractivity contribution in [3.63, 3.8) is 0 Å². The van der Waals surface area contributed by atoms with E-state index in [-0.39, 0.29) is 18.7 Å². The van der Waals surface area contributed by atoms with Gasteiger partial charge in [-0.25, -0.2) is 4.98 Å². The number of pyridine rings is 1. The minimum Gasteiger partial charge on any atom is -0.497 e. The van der Waals surface area contributed by atoms with Crippen molar-refractivity contribution < 1.29 is 19.1 Å². The topological polar surface area (TPSA) is 105 Å². The van der Waals surface area contributed by atoms with Crippen LogP contribution in [0.15, 0.2) is 72.8 Å². The number of rotatable bonds is 9. The maximum Gasteiger partial charge on any atom is 0.246 e. The molecule has 40 heavy (non-hydrogen) atoms. The van der Waals surface area contributed by atoms with Crippen molar-refractivity contribution in [2.45, 2.75) is 13.5 Å². The first-order valence-electron chi connectivity index (χ1n) is 12.4. The molecule has 0 aliphatic rings. The number of likely N-dealkylation sites (N-methyl/N-ethyl adjacent to an activating group) is 1. The molecule has 1 heterocycles. The number of amides is 2. The van der Waals surface area contributed by atoms with Crippen LogP contribution in [0.4, 0.5) is 5.69 Å². The molecule has 4 aromatic rings. The molecule has 1 aromatic heterocycles. The Hall–Kier alpha value is -4.87. The number of carbonyl (C=O) groups excluding carboxylic acids is 2. The van der Waals surface area contributed by atoms with Gasteiger partial charge in [0.15, 0.2) is 0 Å². The maximum atomic E-state index is 12.9. The largest absolute Gasteiger partial charge is 0.497 e. The van der Waals surface area contributed by atoms with Crippen LogP contribution >= 0.6 is 11.6 Å². The minimum absolute atomic E-state index is 0.00185. The van der Waals surface area contributed by atoms with Crippen molar-refractivity contribution in [1.29, 1.82) is 5.26 Å². The van der Waals surface area contributed by atoms with Crippen molar-refractivity contribution in [2.75, 3.05) is 25.6 Å². The lowest BCUT2D eigenvalue weighted by atomic mass is 10.1. The number of methoxy groups -OCH3 is 1. The Morgan fingerprint density at radius 1 is 1.12 bits per heavy atom. The molecule has 0 fully saturated rings.